The molecule has 0 fully saturated rings. The molecule has 1 N–H and O–H groups in total. The number of carbonyl (C=O) groups is 1. The number of carbonyl (C=O) groups excluding carboxylic acids is 1. The Labute approximate surface area is 202 Å². The first kappa shape index (κ1) is 24.7. The maximum absolute atomic E-state index is 13.2. The standard InChI is InChI=1S/C23H21Cl2N3O4S/c1-32-20-7-5-6-17(12-20)14-26-27-23(29)16-28(15-18-10-11-19(24)13-22(18)25)33(30,31)21-8-3-2-4-9-21/h2-14H,15-16H2,1H3,(H,27,29)/b26-14-. The lowest BCUT2D eigenvalue weighted by Crippen LogP contribution is -2.39. The molecule has 0 aliphatic heterocycles. The van der Waals surface area contributed by atoms with E-state index >= 15 is 0 Å². The van der Waals surface area contributed by atoms with E-state index in [0.717, 1.165) is 4.31 Å². The molecule has 0 heterocycles. The number of hydrazone groups is 1. The summed E-state index contributed by atoms with van der Waals surface area (Å²) in [6.45, 7) is -0.591. The van der Waals surface area contributed by atoms with Gasteiger partial charge in [-0.2, -0.15) is 9.41 Å². The van der Waals surface area contributed by atoms with Crippen molar-refractivity contribution in [3.05, 3.63) is 94.0 Å². The van der Waals surface area contributed by atoms with Crippen molar-refractivity contribution in [2.24, 2.45) is 5.10 Å². The van der Waals surface area contributed by atoms with E-state index in [0.29, 0.717) is 26.9 Å². The fourth-order valence-corrected chi connectivity index (χ4v) is 4.77. The summed E-state index contributed by atoms with van der Waals surface area (Å²) < 4.78 is 32.7. The number of nitrogens with zero attached hydrogens (tertiary/aromatic N) is 2. The molecule has 1 amide bonds. The van der Waals surface area contributed by atoms with Crippen LogP contribution in [0.5, 0.6) is 5.75 Å². The second kappa shape index (κ2) is 11.3. The molecule has 33 heavy (non-hydrogen) atoms. The number of nitrogens with one attached hydrogen (secondary N) is 1. The number of hydrogen-bond donors (Lipinski definition) is 1. The minimum Gasteiger partial charge on any atom is -0.497 e. The van der Waals surface area contributed by atoms with Gasteiger partial charge in [0.2, 0.25) is 10.0 Å². The minimum absolute atomic E-state index is 0.0581. The third kappa shape index (κ3) is 6.79. The van der Waals surface area contributed by atoms with Crippen LogP contribution < -0.4 is 10.2 Å². The zero-order valence-electron chi connectivity index (χ0n) is 17.6. The second-order valence-corrected chi connectivity index (χ2v) is 9.67. The number of hydrogen-bond acceptors (Lipinski definition) is 5. The normalized spacial score (nSPS) is 11.6. The van der Waals surface area contributed by atoms with Gasteiger partial charge in [-0.25, -0.2) is 13.8 Å². The molecule has 3 rings (SSSR count). The molecule has 0 bridgehead atoms. The molecule has 0 aliphatic carbocycles. The SMILES string of the molecule is COc1cccc(/C=N\NC(=O)CN(Cc2ccc(Cl)cc2Cl)S(=O)(=O)c2ccccc2)c1. The average molecular weight is 506 g/mol. The van der Waals surface area contributed by atoms with E-state index in [9.17, 15) is 13.2 Å². The summed E-state index contributed by atoms with van der Waals surface area (Å²) in [5.41, 5.74) is 3.57. The van der Waals surface area contributed by atoms with Crippen molar-refractivity contribution in [3.63, 3.8) is 0 Å². The summed E-state index contributed by atoms with van der Waals surface area (Å²) in [4.78, 5) is 12.6. The van der Waals surface area contributed by atoms with Crippen molar-refractivity contribution in [2.45, 2.75) is 11.4 Å². The topological polar surface area (TPSA) is 88.1 Å². The summed E-state index contributed by atoms with van der Waals surface area (Å²) >= 11 is 12.2. The van der Waals surface area contributed by atoms with Crippen molar-refractivity contribution in [1.82, 2.24) is 9.73 Å². The zero-order chi connectivity index (χ0) is 23.8. The lowest BCUT2D eigenvalue weighted by molar-refractivity contribution is -0.121. The Kier molecular flexibility index (Phi) is 8.46. The molecular formula is C23H21Cl2N3O4S. The summed E-state index contributed by atoms with van der Waals surface area (Å²) in [6, 6.07) is 19.7. The fraction of sp³-hybridized carbons (Fsp3) is 0.130. The number of benzene rings is 3. The number of methoxy groups -OCH3 is 1. The van der Waals surface area contributed by atoms with E-state index in [1.807, 2.05) is 0 Å². The highest BCUT2D eigenvalue weighted by atomic mass is 35.5. The van der Waals surface area contributed by atoms with Crippen LogP contribution in [-0.4, -0.2) is 38.5 Å². The van der Waals surface area contributed by atoms with Crippen LogP contribution in [0.1, 0.15) is 11.1 Å². The van der Waals surface area contributed by atoms with Crippen LogP contribution >= 0.6 is 23.2 Å². The predicted molar refractivity (Wildman–Crippen MR) is 129 cm³/mol. The number of rotatable bonds is 9. The molecule has 0 atom stereocenters. The van der Waals surface area contributed by atoms with Gasteiger partial charge in [-0.3, -0.25) is 4.79 Å². The van der Waals surface area contributed by atoms with Gasteiger partial charge in [-0.05, 0) is 47.5 Å². The maximum atomic E-state index is 13.2. The van der Waals surface area contributed by atoms with Crippen LogP contribution in [0.2, 0.25) is 10.0 Å². The van der Waals surface area contributed by atoms with Crippen molar-refractivity contribution in [3.8, 4) is 5.75 Å². The van der Waals surface area contributed by atoms with Crippen molar-refractivity contribution in [2.75, 3.05) is 13.7 Å². The van der Waals surface area contributed by atoms with Crippen LogP contribution in [0.15, 0.2) is 82.8 Å². The quantitative estimate of drug-likeness (QED) is 0.346. The van der Waals surface area contributed by atoms with Gasteiger partial charge in [-0.15, -0.1) is 0 Å². The molecule has 172 valence electrons. The molecular weight excluding hydrogens is 485 g/mol. The Balaban J connectivity index is 1.79. The molecule has 3 aromatic carbocycles. The van der Waals surface area contributed by atoms with Gasteiger partial charge in [0.1, 0.15) is 5.75 Å². The smallest absolute Gasteiger partial charge is 0.255 e. The summed E-state index contributed by atoms with van der Waals surface area (Å²) in [7, 11) is -2.45. The van der Waals surface area contributed by atoms with Crippen molar-refractivity contribution in [1.29, 1.82) is 0 Å². The monoisotopic (exact) mass is 505 g/mol. The molecule has 3 aromatic rings. The highest BCUT2D eigenvalue weighted by Crippen LogP contribution is 2.25. The van der Waals surface area contributed by atoms with Crippen LogP contribution in [-0.2, 0) is 21.4 Å². The Hall–Kier alpha value is -2.91. The highest BCUT2D eigenvalue weighted by Gasteiger charge is 2.27. The lowest BCUT2D eigenvalue weighted by Gasteiger charge is -2.22. The van der Waals surface area contributed by atoms with Gasteiger partial charge < -0.3 is 4.74 Å². The Morgan fingerprint density at radius 2 is 1.82 bits per heavy atom. The summed E-state index contributed by atoms with van der Waals surface area (Å²) in [6.07, 6.45) is 1.44. The maximum Gasteiger partial charge on any atom is 0.255 e. The first-order valence-corrected chi connectivity index (χ1v) is 11.9. The Bertz CT molecular complexity index is 1250. The second-order valence-electron chi connectivity index (χ2n) is 6.89. The number of amides is 1. The first-order valence-electron chi connectivity index (χ1n) is 9.74. The molecule has 0 radical (unpaired) electrons. The molecule has 0 aliphatic rings. The van der Waals surface area contributed by atoms with Gasteiger partial charge in [0.05, 0.1) is 24.8 Å². The lowest BCUT2D eigenvalue weighted by atomic mass is 10.2. The van der Waals surface area contributed by atoms with Crippen LogP contribution in [0.3, 0.4) is 0 Å². The van der Waals surface area contributed by atoms with Gasteiger partial charge in [0.25, 0.3) is 5.91 Å². The molecule has 0 aromatic heterocycles. The molecule has 0 unspecified atom stereocenters. The number of ether oxygens (including phenoxy) is 1. The third-order valence-electron chi connectivity index (χ3n) is 4.56. The zero-order valence-corrected chi connectivity index (χ0v) is 19.9. The van der Waals surface area contributed by atoms with Gasteiger partial charge in [0, 0.05) is 16.6 Å². The van der Waals surface area contributed by atoms with Gasteiger partial charge >= 0.3 is 0 Å². The molecule has 10 heteroatoms. The van der Waals surface area contributed by atoms with E-state index < -0.39 is 22.5 Å². The Morgan fingerprint density at radius 3 is 2.52 bits per heavy atom. The van der Waals surface area contributed by atoms with E-state index in [2.05, 4.69) is 10.5 Å². The predicted octanol–water partition coefficient (Wildman–Crippen LogP) is 4.34. The highest BCUT2D eigenvalue weighted by molar-refractivity contribution is 7.89. The molecule has 7 nitrogen and oxygen atoms in total. The van der Waals surface area contributed by atoms with Gasteiger partial charge in [-0.1, -0.05) is 59.6 Å². The van der Waals surface area contributed by atoms with Crippen molar-refractivity contribution < 1.29 is 17.9 Å². The molecule has 0 saturated heterocycles. The van der Waals surface area contributed by atoms with Crippen LogP contribution in [0.25, 0.3) is 0 Å². The number of sulfonamides is 1. The van der Waals surface area contributed by atoms with E-state index in [-0.39, 0.29) is 11.4 Å². The molecule has 0 saturated carbocycles. The minimum atomic E-state index is -3.99. The largest absolute Gasteiger partial charge is 0.497 e. The summed E-state index contributed by atoms with van der Waals surface area (Å²) in [5.74, 6) is 0.0315. The number of halogens is 2. The van der Waals surface area contributed by atoms with Crippen LogP contribution in [0.4, 0.5) is 0 Å². The first-order chi connectivity index (χ1) is 15.8. The third-order valence-corrected chi connectivity index (χ3v) is 6.95. The van der Waals surface area contributed by atoms with E-state index in [1.54, 1.807) is 61.7 Å². The summed E-state index contributed by atoms with van der Waals surface area (Å²) in [5, 5.41) is 4.64. The van der Waals surface area contributed by atoms with E-state index in [1.165, 1.54) is 24.4 Å². The average Bonchev–Trinajstić information content (AvgIpc) is 2.81. The van der Waals surface area contributed by atoms with Crippen molar-refractivity contribution >= 4 is 45.3 Å². The van der Waals surface area contributed by atoms with Gasteiger partial charge in [0.15, 0.2) is 0 Å². The molecule has 0 spiro atoms. The Morgan fingerprint density at radius 1 is 1.06 bits per heavy atom. The van der Waals surface area contributed by atoms with E-state index in [4.69, 9.17) is 27.9 Å². The van der Waals surface area contributed by atoms with Crippen LogP contribution in [0, 0.1) is 0 Å². The fourth-order valence-electron chi connectivity index (χ4n) is 2.90.